The van der Waals surface area contributed by atoms with Crippen molar-refractivity contribution in [3.8, 4) is 11.5 Å². The van der Waals surface area contributed by atoms with Gasteiger partial charge in [0.25, 0.3) is 18.0 Å². The quantitative estimate of drug-likeness (QED) is 0.295. The zero-order valence-corrected chi connectivity index (χ0v) is 17.5. The highest BCUT2D eigenvalue weighted by molar-refractivity contribution is 6.42. The normalized spacial score (nSPS) is 10.8. The lowest BCUT2D eigenvalue weighted by Gasteiger charge is -2.09. The van der Waals surface area contributed by atoms with E-state index in [2.05, 4.69) is 5.32 Å². The second-order valence-corrected chi connectivity index (χ2v) is 7.02. The number of furan rings is 1. The maximum Gasteiger partial charge on any atom is 0.291 e. The Bertz CT molecular complexity index is 1140. The highest BCUT2D eigenvalue weighted by Gasteiger charge is 2.17. The number of carbonyl (C=O) groups excluding carboxylic acids is 1. The minimum Gasteiger partial charge on any atom is -0.487 e. The predicted molar refractivity (Wildman–Crippen MR) is 112 cm³/mol. The number of ether oxygens (including phenoxy) is 2. The molecule has 168 valence electrons. The number of alkyl halides is 2. The summed E-state index contributed by atoms with van der Waals surface area (Å²) in [5, 5.41) is 14.0. The summed E-state index contributed by atoms with van der Waals surface area (Å²) < 4.78 is 40.5. The average molecular weight is 487 g/mol. The molecule has 0 fully saturated rings. The molecule has 2 aromatic carbocycles. The number of halogens is 4. The van der Waals surface area contributed by atoms with Gasteiger partial charge >= 0.3 is 0 Å². The molecule has 3 rings (SSSR count). The molecular weight excluding hydrogens is 473 g/mol. The monoisotopic (exact) mass is 486 g/mol. The number of rotatable bonds is 9. The molecule has 32 heavy (non-hydrogen) atoms. The van der Waals surface area contributed by atoms with Crippen LogP contribution >= 0.6 is 23.2 Å². The lowest BCUT2D eigenvalue weighted by Crippen LogP contribution is -2.12. The zero-order chi connectivity index (χ0) is 23.3. The molecule has 0 radical (unpaired) electrons. The number of amides is 1. The smallest absolute Gasteiger partial charge is 0.291 e. The van der Waals surface area contributed by atoms with Gasteiger partial charge in [0, 0.05) is 12.1 Å². The summed E-state index contributed by atoms with van der Waals surface area (Å²) in [5.74, 6) is -0.401. The van der Waals surface area contributed by atoms with Gasteiger partial charge in [0.15, 0.2) is 5.76 Å². The molecule has 12 heteroatoms. The fourth-order valence-electron chi connectivity index (χ4n) is 2.52. The minimum atomic E-state index is -2.77. The number of hydrogen-bond donors (Lipinski definition) is 1. The molecule has 0 aliphatic carbocycles. The van der Waals surface area contributed by atoms with Crippen LogP contribution in [0.4, 0.5) is 20.2 Å². The van der Waals surface area contributed by atoms with Crippen molar-refractivity contribution in [2.45, 2.75) is 13.0 Å². The van der Waals surface area contributed by atoms with E-state index in [1.165, 1.54) is 18.2 Å². The van der Waals surface area contributed by atoms with Gasteiger partial charge in [-0.2, -0.15) is 0 Å². The second-order valence-electron chi connectivity index (χ2n) is 6.24. The van der Waals surface area contributed by atoms with Gasteiger partial charge in [-0.05, 0) is 24.3 Å². The Labute approximate surface area is 189 Å². The van der Waals surface area contributed by atoms with Crippen LogP contribution in [-0.2, 0) is 6.61 Å². The van der Waals surface area contributed by atoms with Gasteiger partial charge in [-0.1, -0.05) is 29.3 Å². The van der Waals surface area contributed by atoms with Crippen molar-refractivity contribution in [2.24, 2.45) is 0 Å². The summed E-state index contributed by atoms with van der Waals surface area (Å²) >= 11 is 12.0. The number of non-ortho nitro benzene ring substituents is 1. The highest BCUT2D eigenvalue weighted by Crippen LogP contribution is 2.32. The van der Waals surface area contributed by atoms with Crippen LogP contribution < -0.4 is 14.8 Å². The van der Waals surface area contributed by atoms with E-state index in [0.717, 1.165) is 12.1 Å². The Morgan fingerprint density at radius 2 is 1.94 bits per heavy atom. The number of nitrogens with one attached hydrogen (secondary N) is 1. The van der Waals surface area contributed by atoms with E-state index in [4.69, 9.17) is 37.1 Å². The van der Waals surface area contributed by atoms with Crippen molar-refractivity contribution in [3.63, 3.8) is 0 Å². The molecule has 0 unspecified atom stereocenters. The Kier molecular flexibility index (Phi) is 7.49. The summed E-state index contributed by atoms with van der Waals surface area (Å²) in [6.07, 6.45) is -2.77. The van der Waals surface area contributed by atoms with Gasteiger partial charge in [0.1, 0.15) is 35.5 Å². The predicted octanol–water partition coefficient (Wildman–Crippen LogP) is 5.97. The van der Waals surface area contributed by atoms with Crippen molar-refractivity contribution >= 4 is 40.5 Å². The van der Waals surface area contributed by atoms with Gasteiger partial charge in [0.05, 0.1) is 21.7 Å². The van der Waals surface area contributed by atoms with Gasteiger partial charge in [-0.25, -0.2) is 8.78 Å². The Hall–Kier alpha value is -3.37. The maximum absolute atomic E-state index is 12.4. The fourth-order valence-corrected chi connectivity index (χ4v) is 2.86. The van der Waals surface area contributed by atoms with E-state index in [9.17, 15) is 23.7 Å². The molecule has 8 nitrogen and oxygen atoms in total. The first-order valence-electron chi connectivity index (χ1n) is 8.90. The lowest BCUT2D eigenvalue weighted by atomic mass is 10.2. The van der Waals surface area contributed by atoms with Crippen LogP contribution in [0.15, 0.2) is 52.9 Å². The second kappa shape index (κ2) is 10.3. The standard InChI is InChI=1S/C20H14Cl2F2N2O6/c21-15-2-1-3-16(19(15)22)31-9-13-4-5-17(32-13)20(27)25-11-6-12(26(28)29)8-14(7-11)30-10-18(23)24/h1-8,18H,9-10H2,(H,25,27). The van der Waals surface area contributed by atoms with Crippen LogP contribution in [0.5, 0.6) is 11.5 Å². The topological polar surface area (TPSA) is 104 Å². The number of hydrogen-bond acceptors (Lipinski definition) is 6. The molecule has 0 bridgehead atoms. The van der Waals surface area contributed by atoms with E-state index in [-0.39, 0.29) is 28.8 Å². The minimum absolute atomic E-state index is 0.0339. The van der Waals surface area contributed by atoms with Crippen molar-refractivity contribution in [3.05, 3.63) is 80.2 Å². The molecule has 0 saturated heterocycles. The number of benzene rings is 2. The van der Waals surface area contributed by atoms with Crippen molar-refractivity contribution in [1.29, 1.82) is 0 Å². The molecule has 0 aliphatic rings. The van der Waals surface area contributed by atoms with E-state index in [1.54, 1.807) is 18.2 Å². The molecule has 0 saturated carbocycles. The third-order valence-electron chi connectivity index (χ3n) is 3.91. The Morgan fingerprint density at radius 3 is 2.66 bits per heavy atom. The van der Waals surface area contributed by atoms with E-state index >= 15 is 0 Å². The maximum atomic E-state index is 12.4. The third-order valence-corrected chi connectivity index (χ3v) is 4.71. The fraction of sp³-hybridized carbons (Fsp3) is 0.150. The van der Waals surface area contributed by atoms with Gasteiger partial charge in [0.2, 0.25) is 0 Å². The first-order chi connectivity index (χ1) is 15.2. The molecule has 0 spiro atoms. The average Bonchev–Trinajstić information content (AvgIpc) is 3.22. The number of nitrogens with zero attached hydrogens (tertiary/aromatic N) is 1. The SMILES string of the molecule is O=C(Nc1cc(OCC(F)F)cc([N+](=O)[O-])c1)c1ccc(COc2cccc(Cl)c2Cl)o1. The van der Waals surface area contributed by atoms with E-state index in [0.29, 0.717) is 16.5 Å². The van der Waals surface area contributed by atoms with Gasteiger partial charge in [-0.15, -0.1) is 0 Å². The molecule has 1 heterocycles. The van der Waals surface area contributed by atoms with Crippen molar-refractivity contribution in [1.82, 2.24) is 0 Å². The number of nitro groups is 1. The third kappa shape index (κ3) is 6.08. The van der Waals surface area contributed by atoms with Crippen LogP contribution in [0.25, 0.3) is 0 Å². The molecular formula is C20H14Cl2F2N2O6. The summed E-state index contributed by atoms with van der Waals surface area (Å²) in [7, 11) is 0. The summed E-state index contributed by atoms with van der Waals surface area (Å²) in [4.78, 5) is 22.8. The van der Waals surface area contributed by atoms with Crippen LogP contribution in [0, 0.1) is 10.1 Å². The summed E-state index contributed by atoms with van der Waals surface area (Å²) in [6, 6.07) is 11.0. The lowest BCUT2D eigenvalue weighted by molar-refractivity contribution is -0.384. The first-order valence-corrected chi connectivity index (χ1v) is 9.66. The van der Waals surface area contributed by atoms with E-state index in [1.807, 2.05) is 0 Å². The molecule has 0 atom stereocenters. The Morgan fingerprint density at radius 1 is 1.16 bits per heavy atom. The molecule has 1 N–H and O–H groups in total. The zero-order valence-electron chi connectivity index (χ0n) is 16.0. The summed E-state index contributed by atoms with van der Waals surface area (Å²) in [6.45, 7) is -0.998. The van der Waals surface area contributed by atoms with Crippen LogP contribution in [0.2, 0.25) is 10.0 Å². The Balaban J connectivity index is 1.69. The molecule has 1 amide bonds. The molecule has 3 aromatic rings. The highest BCUT2D eigenvalue weighted by atomic mass is 35.5. The van der Waals surface area contributed by atoms with Gasteiger partial charge < -0.3 is 19.2 Å². The molecule has 1 aromatic heterocycles. The first kappa shape index (κ1) is 23.3. The van der Waals surface area contributed by atoms with Crippen LogP contribution in [-0.4, -0.2) is 23.9 Å². The number of carbonyl (C=O) groups is 1. The molecule has 0 aliphatic heterocycles. The summed E-state index contributed by atoms with van der Waals surface area (Å²) in [5.41, 5.74) is -0.479. The van der Waals surface area contributed by atoms with E-state index < -0.39 is 29.6 Å². The van der Waals surface area contributed by atoms with Crippen molar-refractivity contribution in [2.75, 3.05) is 11.9 Å². The number of anilines is 1. The van der Waals surface area contributed by atoms with Crippen LogP contribution in [0.3, 0.4) is 0 Å². The van der Waals surface area contributed by atoms with Gasteiger partial charge in [-0.3, -0.25) is 14.9 Å². The largest absolute Gasteiger partial charge is 0.487 e. The van der Waals surface area contributed by atoms with Crippen LogP contribution in [0.1, 0.15) is 16.3 Å². The number of nitro benzene ring substituents is 1. The van der Waals surface area contributed by atoms with Crippen molar-refractivity contribution < 1.29 is 32.4 Å².